The number of rotatable bonds is 23. The summed E-state index contributed by atoms with van der Waals surface area (Å²) in [5.41, 5.74) is 8.15. The third-order valence-electron chi connectivity index (χ3n) is 16.3. The van der Waals surface area contributed by atoms with Crippen LogP contribution in [0.3, 0.4) is 0 Å². The van der Waals surface area contributed by atoms with Crippen molar-refractivity contribution >= 4 is 40.4 Å². The van der Waals surface area contributed by atoms with Crippen LogP contribution in [0.15, 0.2) is 46.6 Å². The Morgan fingerprint density at radius 3 is 0.957 bits per heavy atom. The van der Waals surface area contributed by atoms with Gasteiger partial charge in [-0.05, 0) is 49.9 Å². The SMILES string of the molecule is CC[Si](CC)(CC)CC[Si](CC[Si](CC)(CC)CC)(CC[Si](CC)(CC)CC)CC[Si](C)(C1C=CC=C1)C1C(C)=C(C)C(C)=C1C. The molecule has 0 aliphatic heterocycles. The van der Waals surface area contributed by atoms with Crippen molar-refractivity contribution in [3.05, 3.63) is 46.6 Å². The second-order valence-corrected chi connectivity index (χ2v) is 43.7. The third-order valence-corrected chi connectivity index (χ3v) is 46.4. The van der Waals surface area contributed by atoms with Gasteiger partial charge in [0, 0.05) is 0 Å². The minimum Gasteiger partial charge on any atom is -0.0803 e. The molecule has 0 amide bonds. The van der Waals surface area contributed by atoms with Gasteiger partial charge in [-0.25, -0.2) is 0 Å². The van der Waals surface area contributed by atoms with Crippen molar-refractivity contribution in [3.63, 3.8) is 0 Å². The van der Waals surface area contributed by atoms with Gasteiger partial charge < -0.3 is 0 Å². The number of hydrogen-bond donors (Lipinski definition) is 0. The molecule has 0 fully saturated rings. The molecule has 1 unspecified atom stereocenters. The van der Waals surface area contributed by atoms with Gasteiger partial charge >= 0.3 is 0 Å². The monoisotopic (exact) mass is 715 g/mol. The lowest BCUT2D eigenvalue weighted by atomic mass is 10.1. The molecule has 0 radical (unpaired) electrons. The predicted molar refractivity (Wildman–Crippen MR) is 230 cm³/mol. The molecule has 0 heterocycles. The molecular formula is C41H82Si5. The van der Waals surface area contributed by atoms with Gasteiger partial charge in [0.15, 0.2) is 0 Å². The molecule has 0 spiro atoms. The third kappa shape index (κ3) is 9.23. The summed E-state index contributed by atoms with van der Waals surface area (Å²) in [6, 6.07) is 26.8. The molecule has 0 N–H and O–H groups in total. The van der Waals surface area contributed by atoms with Crippen LogP contribution < -0.4 is 0 Å². The van der Waals surface area contributed by atoms with E-state index >= 15 is 0 Å². The largest absolute Gasteiger partial charge is 0.0803 e. The van der Waals surface area contributed by atoms with Crippen LogP contribution >= 0.6 is 0 Å². The summed E-state index contributed by atoms with van der Waals surface area (Å²) in [7, 11) is -6.71. The number of hydrogen-bond acceptors (Lipinski definition) is 0. The van der Waals surface area contributed by atoms with Gasteiger partial charge in [-0.1, -0.05) is 207 Å². The fourth-order valence-electron chi connectivity index (χ4n) is 10.4. The molecule has 0 aromatic carbocycles. The Hall–Kier alpha value is 0.0444. The fraction of sp³-hybridized carbons (Fsp3) is 0.805. The Labute approximate surface area is 295 Å². The van der Waals surface area contributed by atoms with E-state index in [1.54, 1.807) is 70.6 Å². The predicted octanol–water partition coefficient (Wildman–Crippen LogP) is 15.6. The molecule has 46 heavy (non-hydrogen) atoms. The molecule has 2 aliphatic carbocycles. The second kappa shape index (κ2) is 18.3. The van der Waals surface area contributed by atoms with Gasteiger partial charge in [0.05, 0.1) is 40.4 Å². The molecule has 1 atom stereocenters. The molecule has 0 bridgehead atoms. The lowest BCUT2D eigenvalue weighted by molar-refractivity contribution is 0.970. The molecule has 2 rings (SSSR count). The lowest BCUT2D eigenvalue weighted by Crippen LogP contribution is -2.47. The molecule has 266 valence electrons. The van der Waals surface area contributed by atoms with E-state index in [-0.39, 0.29) is 0 Å². The van der Waals surface area contributed by atoms with Gasteiger partial charge in [0.1, 0.15) is 0 Å². The Morgan fingerprint density at radius 1 is 0.413 bits per heavy atom. The molecule has 0 saturated carbocycles. The quantitative estimate of drug-likeness (QED) is 0.0924. The molecule has 0 nitrogen and oxygen atoms in total. The van der Waals surface area contributed by atoms with E-state index in [9.17, 15) is 0 Å². The fourth-order valence-corrected chi connectivity index (χ4v) is 41.1. The van der Waals surface area contributed by atoms with Gasteiger partial charge in [0.2, 0.25) is 0 Å². The zero-order chi connectivity index (χ0) is 34.8. The van der Waals surface area contributed by atoms with Crippen LogP contribution in [-0.2, 0) is 0 Å². The highest BCUT2D eigenvalue weighted by molar-refractivity contribution is 6.91. The molecule has 0 saturated heterocycles. The molecule has 0 aromatic heterocycles. The zero-order valence-electron chi connectivity index (χ0n) is 34.0. The topological polar surface area (TPSA) is 0 Å². The van der Waals surface area contributed by atoms with Gasteiger partial charge in [0.25, 0.3) is 0 Å². The van der Waals surface area contributed by atoms with E-state index in [4.69, 9.17) is 0 Å². The second-order valence-electron chi connectivity index (χ2n) is 17.0. The van der Waals surface area contributed by atoms with E-state index in [2.05, 4.69) is 121 Å². The first-order valence-electron chi connectivity index (χ1n) is 20.4. The normalized spacial score (nSPS) is 18.5. The Bertz CT molecular complexity index is 948. The maximum Gasteiger partial charge on any atom is 0.0733 e. The van der Waals surface area contributed by atoms with E-state index in [1.807, 2.05) is 0 Å². The summed E-state index contributed by atoms with van der Waals surface area (Å²) in [5, 5.41) is 0. The zero-order valence-corrected chi connectivity index (χ0v) is 39.0. The smallest absolute Gasteiger partial charge is 0.0733 e. The summed E-state index contributed by atoms with van der Waals surface area (Å²) in [5.74, 6) is 0. The van der Waals surface area contributed by atoms with Gasteiger partial charge in [-0.3, -0.25) is 0 Å². The minimum absolute atomic E-state index is 0.703. The van der Waals surface area contributed by atoms with E-state index in [0.29, 0.717) is 5.54 Å². The molecule has 0 aromatic rings. The first-order chi connectivity index (χ1) is 21.7. The standard InChI is InChI=1S/C41H82Si5/c1-15-43(16-2,17-3)30-33-46(34-31-44(18-4,19-5)20-6,35-32-45(21-7,22-8)23-9)29-28-42(14,40-26-24-25-27-40)41-38(12)36(10)37(11)39(41)13/h24-27,40-41H,15-23,28-35H2,1-14H3. The van der Waals surface area contributed by atoms with Crippen molar-refractivity contribution in [3.8, 4) is 0 Å². The lowest BCUT2D eigenvalue weighted by Gasteiger charge is -2.45. The van der Waals surface area contributed by atoms with Crippen molar-refractivity contribution in [2.45, 2.75) is 210 Å². The summed E-state index contributed by atoms with van der Waals surface area (Å²) >= 11 is 0. The first kappa shape index (κ1) is 42.2. The molecule has 5 heteroatoms. The van der Waals surface area contributed by atoms with Crippen LogP contribution in [0, 0.1) is 0 Å². The summed E-state index contributed by atoms with van der Waals surface area (Å²) < 4.78 is 0. The van der Waals surface area contributed by atoms with Crippen LogP contribution in [-0.4, -0.2) is 40.4 Å². The van der Waals surface area contributed by atoms with Crippen molar-refractivity contribution in [2.24, 2.45) is 0 Å². The maximum atomic E-state index is 2.87. The van der Waals surface area contributed by atoms with E-state index in [1.165, 1.54) is 54.4 Å². The molecular weight excluding hydrogens is 633 g/mol. The minimum atomic E-state index is -1.72. The van der Waals surface area contributed by atoms with Crippen molar-refractivity contribution in [1.29, 1.82) is 0 Å². The van der Waals surface area contributed by atoms with Crippen LogP contribution in [0.1, 0.15) is 90.0 Å². The van der Waals surface area contributed by atoms with Crippen molar-refractivity contribution in [2.75, 3.05) is 0 Å². The number of allylic oxidation sites excluding steroid dienone is 8. The van der Waals surface area contributed by atoms with Crippen LogP contribution in [0.4, 0.5) is 0 Å². The van der Waals surface area contributed by atoms with Crippen LogP contribution in [0.5, 0.6) is 0 Å². The summed E-state index contributed by atoms with van der Waals surface area (Å²) in [6.45, 7) is 36.0. The highest BCUT2D eigenvalue weighted by Gasteiger charge is 2.49. The van der Waals surface area contributed by atoms with Gasteiger partial charge in [-0.15, -0.1) is 0 Å². The Morgan fingerprint density at radius 2 is 0.674 bits per heavy atom. The van der Waals surface area contributed by atoms with Crippen LogP contribution in [0.2, 0.25) is 120 Å². The van der Waals surface area contributed by atoms with Crippen LogP contribution in [0.25, 0.3) is 0 Å². The van der Waals surface area contributed by atoms with Crippen molar-refractivity contribution < 1.29 is 0 Å². The average Bonchev–Trinajstić information content (AvgIpc) is 3.71. The van der Waals surface area contributed by atoms with Gasteiger partial charge in [-0.2, -0.15) is 0 Å². The molecule has 2 aliphatic rings. The maximum absolute atomic E-state index is 2.87. The summed E-state index contributed by atoms with van der Waals surface area (Å²) in [4.78, 5) is 0. The first-order valence-corrected chi connectivity index (χ1v) is 34.6. The summed E-state index contributed by atoms with van der Waals surface area (Å²) in [6.07, 6.45) is 10.1. The highest BCUT2D eigenvalue weighted by atomic mass is 28.3. The van der Waals surface area contributed by atoms with E-state index < -0.39 is 40.4 Å². The Balaban J connectivity index is 2.70. The van der Waals surface area contributed by atoms with E-state index in [0.717, 1.165) is 5.54 Å². The van der Waals surface area contributed by atoms with Crippen molar-refractivity contribution in [1.82, 2.24) is 0 Å². The Kier molecular flexibility index (Phi) is 16.8. The average molecular weight is 716 g/mol. The highest BCUT2D eigenvalue weighted by Crippen LogP contribution is 2.55.